The minimum atomic E-state index is -0.425. The first-order valence-electron chi connectivity index (χ1n) is 44.6. The first-order chi connectivity index (χ1) is 70.6. The van der Waals surface area contributed by atoms with Crippen LogP contribution in [0.4, 0.5) is 13.2 Å². The van der Waals surface area contributed by atoms with Crippen molar-refractivity contribution in [1.82, 2.24) is 135 Å². The SMILES string of the molecule is C.C.Cc1ccc(CNC(=O)c2nn(C)c3cccnc3/c2=N/O)cc1.Cc1ccc(CNC(=O)c2nn(C)c3cccnc3c2=S)cc1.Cc1ccc(CNC(=O)c2nn(C)c3cccnc3c2=[Se])cc1.Cn1nc(-c2nnc(Cc3ccc(F)cc3)o2)/c(=N\O)c2ncccc21.Cn1nc(-c2nnc(Cc3ccc(F)cc3)o2)c(=O)c2ncccc21.Cn1nc(-c2nnc(Cc3ccc(F)cc3)o2)c(=S)c2ncccc21. The maximum absolute atomic E-state index is 13.0. The molecular formula is C104H94F3N29O9S2Se. The Bertz CT molecular complexity index is 8520. The molecule has 0 radical (unpaired) electrons. The fourth-order valence-corrected chi connectivity index (χ4v) is 15.9. The molecular weight excluding hydrogens is 2000 g/mol. The number of pyridine rings is 6. The van der Waals surface area contributed by atoms with Gasteiger partial charge in [-0.1, -0.05) is 146 Å². The number of halogens is 3. The Balaban J connectivity index is 0.000000140. The normalized spacial score (nSPS) is 11.1. The van der Waals surface area contributed by atoms with E-state index in [0.29, 0.717) is 120 Å². The number of nitrogens with one attached hydrogen (secondary N) is 3. The van der Waals surface area contributed by atoms with Gasteiger partial charge in [0.1, 0.15) is 45.0 Å². The van der Waals surface area contributed by atoms with Crippen LogP contribution in [0, 0.1) is 51.3 Å². The van der Waals surface area contributed by atoms with Gasteiger partial charge in [0.2, 0.25) is 23.1 Å². The second-order valence-electron chi connectivity index (χ2n) is 32.7. The third-order valence-electron chi connectivity index (χ3n) is 22.3. The Kier molecular flexibility index (Phi) is 34.5. The van der Waals surface area contributed by atoms with Crippen LogP contribution in [0.3, 0.4) is 0 Å². The summed E-state index contributed by atoms with van der Waals surface area (Å²) in [5.74, 6) is -0.414. The van der Waals surface area contributed by atoms with Crippen LogP contribution in [0.1, 0.15) is 114 Å². The smallest absolute Gasteiger partial charge is 0.272 e. The van der Waals surface area contributed by atoms with Crippen LogP contribution in [0.5, 0.6) is 0 Å². The summed E-state index contributed by atoms with van der Waals surface area (Å²) in [7, 11) is 10.5. The van der Waals surface area contributed by atoms with Gasteiger partial charge in [-0.3, -0.25) is 62.7 Å². The minimum Gasteiger partial charge on any atom is -0.419 e. The van der Waals surface area contributed by atoms with Crippen molar-refractivity contribution >= 4 is 124 Å². The van der Waals surface area contributed by atoms with Gasteiger partial charge in [-0.15, -0.1) is 30.6 Å². The number of carbonyl (C=O) groups excluding carboxylic acids is 3. The molecule has 0 bridgehead atoms. The second kappa shape index (κ2) is 48.3. The number of hydrogen-bond donors (Lipinski definition) is 5. The average molecular weight is 2090 g/mol. The summed E-state index contributed by atoms with van der Waals surface area (Å²) in [4.78, 5) is 75.4. The molecule has 748 valence electrons. The summed E-state index contributed by atoms with van der Waals surface area (Å²) >= 11 is 13.8. The summed E-state index contributed by atoms with van der Waals surface area (Å²) < 4.78 is 67.0. The van der Waals surface area contributed by atoms with Crippen LogP contribution < -0.4 is 32.1 Å². The van der Waals surface area contributed by atoms with Crippen LogP contribution in [0.15, 0.2) is 284 Å². The Morgan fingerprint density at radius 3 is 1.01 bits per heavy atom. The summed E-state index contributed by atoms with van der Waals surface area (Å²) in [6.07, 6.45) is 10.8. The summed E-state index contributed by atoms with van der Waals surface area (Å²) in [6.45, 7) is 7.31. The number of fused-ring (bicyclic) bond motifs is 6. The number of aryl methyl sites for hydroxylation is 9. The maximum atomic E-state index is 13.0. The van der Waals surface area contributed by atoms with Crippen molar-refractivity contribution < 1.29 is 51.2 Å². The fraction of sp³-hybridized carbons (Fsp3) is 0.163. The van der Waals surface area contributed by atoms with Crippen LogP contribution in [0.2, 0.25) is 0 Å². The second-order valence-corrected chi connectivity index (χ2v) is 34.4. The predicted octanol–water partition coefficient (Wildman–Crippen LogP) is 15.2. The summed E-state index contributed by atoms with van der Waals surface area (Å²) in [5, 5.41) is 83.9. The molecule has 21 aromatic rings. The van der Waals surface area contributed by atoms with E-state index in [1.54, 1.807) is 170 Å². The van der Waals surface area contributed by atoms with Gasteiger partial charge in [0.25, 0.3) is 29.5 Å². The monoisotopic (exact) mass is 2090 g/mol. The summed E-state index contributed by atoms with van der Waals surface area (Å²) in [5.41, 5.74) is 17.6. The molecule has 0 saturated heterocycles. The number of amides is 3. The molecule has 21 rings (SSSR count). The van der Waals surface area contributed by atoms with E-state index in [4.69, 9.17) is 37.7 Å². The number of hydrogen-bond acceptors (Lipinski definition) is 31. The Morgan fingerprint density at radius 2 is 0.615 bits per heavy atom. The molecule has 38 nitrogen and oxygen atoms in total. The molecule has 0 spiro atoms. The molecule has 0 aliphatic heterocycles. The molecule has 0 aliphatic rings. The molecule has 44 heteroatoms. The number of nitrogens with zero attached hydrogens (tertiary/aromatic N) is 26. The van der Waals surface area contributed by atoms with Crippen molar-refractivity contribution in [3.8, 4) is 34.8 Å². The van der Waals surface area contributed by atoms with E-state index < -0.39 is 5.91 Å². The number of carbonyl (C=O) groups is 3. The average Bonchev–Trinajstić information content (AvgIpc) is 1.28. The zero-order chi connectivity index (χ0) is 103. The predicted molar refractivity (Wildman–Crippen MR) is 551 cm³/mol. The minimum absolute atomic E-state index is 0. The van der Waals surface area contributed by atoms with Crippen molar-refractivity contribution in [1.29, 1.82) is 0 Å². The van der Waals surface area contributed by atoms with E-state index >= 15 is 0 Å². The van der Waals surface area contributed by atoms with Crippen molar-refractivity contribution in [2.75, 3.05) is 0 Å². The van der Waals surface area contributed by atoms with Gasteiger partial charge in [0, 0.05) is 79.3 Å². The third-order valence-corrected chi connectivity index (χ3v) is 23.9. The third kappa shape index (κ3) is 25.2. The Labute approximate surface area is 858 Å². The standard InChI is InChI=1S/C17H13FN6O2.C17H12FN5O2.C17H12FN5OS.C17H17N5O2.C17H16N4OS.C17H16N4OSe.2CH4/c1-24-12-3-2-8-19-14(12)15(23-25)16(22-24)17-21-20-13(26-17)9-10-4-6-11(18)7-5-10;1-23-12-3-2-8-19-14(12)16(24)15(22-23)17-21-20-13(25-17)9-10-4-6-11(18)7-5-10;1-23-12-3-2-8-19-14(12)16(25)15(22-23)17-21-20-13(24-17)9-10-4-6-11(18)7-5-10;1-11-5-7-12(8-6-11)10-19-17(23)16-15(21-24)14-13(22(2)20-16)4-3-9-18-14;2*1-11-5-7-12(8-6-11)10-19-17(22)15-16(23)14-13(21(2)20-15)4-3-9-18-14;;/h2-8,25H,9H2,1H3;2*2-8H,9H2,1H3;3-9,24H,10H2,1-2H3,(H,19,23);2*3-9H,10H2,1-2H3,(H,19,22);2*1H4/b23-15-;;;21-15-;;;;. The molecule has 0 saturated carbocycles. The van der Waals surface area contributed by atoms with E-state index in [0.717, 1.165) is 61.0 Å². The molecule has 0 unspecified atom stereocenters. The topological polar surface area (TPSA) is 471 Å². The first kappa shape index (κ1) is 106. The number of rotatable bonds is 18. The van der Waals surface area contributed by atoms with Gasteiger partial charge in [0.05, 0.1) is 55.9 Å². The van der Waals surface area contributed by atoms with E-state index in [9.17, 15) is 42.8 Å². The first-order valence-corrected chi connectivity index (χ1v) is 46.3. The Morgan fingerprint density at radius 1 is 0.338 bits per heavy atom. The van der Waals surface area contributed by atoms with Gasteiger partial charge in [-0.2, -0.15) is 25.5 Å². The van der Waals surface area contributed by atoms with Crippen LogP contribution >= 0.6 is 24.4 Å². The molecule has 15 heterocycles. The quantitative estimate of drug-likeness (QED) is 0.0230. The molecule has 0 aliphatic carbocycles. The number of benzene rings is 6. The van der Waals surface area contributed by atoms with Crippen molar-refractivity contribution in [3.63, 3.8) is 0 Å². The maximum Gasteiger partial charge on any atom is 0.272 e. The van der Waals surface area contributed by atoms with Crippen LogP contribution in [0.25, 0.3) is 101 Å². The Hall–Kier alpha value is -18.2. The van der Waals surface area contributed by atoms with Gasteiger partial charge < -0.3 is 34.3 Å². The molecule has 6 aromatic carbocycles. The number of aromatic nitrogens is 24. The van der Waals surface area contributed by atoms with Crippen LogP contribution in [-0.2, 0) is 81.2 Å². The zero-order valence-corrected chi connectivity index (χ0v) is 82.6. The van der Waals surface area contributed by atoms with Crippen LogP contribution in [-0.4, -0.2) is 163 Å². The summed E-state index contributed by atoms with van der Waals surface area (Å²) in [6, 6.07) is 63.8. The van der Waals surface area contributed by atoms with Gasteiger partial charge >= 0.3 is 141 Å². The molecule has 5 N–H and O–H groups in total. The molecule has 3 amide bonds. The van der Waals surface area contributed by atoms with E-state index in [-0.39, 0.29) is 106 Å². The van der Waals surface area contributed by atoms with E-state index in [1.807, 2.05) is 136 Å². The van der Waals surface area contributed by atoms with Gasteiger partial charge in [0.15, 0.2) is 39.2 Å². The van der Waals surface area contributed by atoms with Crippen molar-refractivity contribution in [2.45, 2.75) is 74.5 Å². The van der Waals surface area contributed by atoms with Gasteiger partial charge in [-0.25, -0.2) is 13.2 Å². The van der Waals surface area contributed by atoms with Crippen molar-refractivity contribution in [3.05, 3.63) is 392 Å². The van der Waals surface area contributed by atoms with Crippen molar-refractivity contribution in [2.24, 2.45) is 52.6 Å². The van der Waals surface area contributed by atoms with E-state index in [1.165, 1.54) is 52.2 Å². The fourth-order valence-electron chi connectivity index (χ4n) is 14.8. The zero-order valence-electron chi connectivity index (χ0n) is 79.2. The largest absolute Gasteiger partial charge is 0.419 e. The van der Waals surface area contributed by atoms with E-state index in [2.05, 4.69) is 133 Å². The van der Waals surface area contributed by atoms with Gasteiger partial charge in [-0.05, 0) is 139 Å². The molecule has 0 fully saturated rings. The molecule has 0 atom stereocenters. The molecule has 148 heavy (non-hydrogen) atoms. The molecule has 15 aromatic heterocycles.